The van der Waals surface area contributed by atoms with Gasteiger partial charge >= 0.3 is 0 Å². The van der Waals surface area contributed by atoms with Crippen LogP contribution >= 0.6 is 22.6 Å². The van der Waals surface area contributed by atoms with Crippen LogP contribution in [0.5, 0.6) is 0 Å². The Kier molecular flexibility index (Phi) is 4.77. The summed E-state index contributed by atoms with van der Waals surface area (Å²) >= 11 is 2.21. The molecule has 13 heavy (non-hydrogen) atoms. The molecule has 0 aliphatic heterocycles. The number of carbonyl (C=O) groups excluding carboxylic acids is 1. The van der Waals surface area contributed by atoms with Gasteiger partial charge in [-0.1, -0.05) is 41.5 Å². The molecule has 2 N–H and O–H groups in total. The summed E-state index contributed by atoms with van der Waals surface area (Å²) in [7, 11) is 0. The van der Waals surface area contributed by atoms with E-state index in [4.69, 9.17) is 5.73 Å². The van der Waals surface area contributed by atoms with E-state index in [0.717, 1.165) is 25.7 Å². The second-order valence-electron chi connectivity index (χ2n) is 3.65. The molecule has 0 saturated heterocycles. The van der Waals surface area contributed by atoms with Gasteiger partial charge in [-0.2, -0.15) is 0 Å². The minimum Gasteiger partial charge on any atom is -0.369 e. The Morgan fingerprint density at radius 1 is 1.46 bits per heavy atom. The minimum atomic E-state index is -0.105. The molecule has 0 radical (unpaired) electrons. The van der Waals surface area contributed by atoms with Gasteiger partial charge in [0.1, 0.15) is 0 Å². The van der Waals surface area contributed by atoms with E-state index in [-0.39, 0.29) is 11.8 Å². The lowest BCUT2D eigenvalue weighted by atomic mass is 9.77. The van der Waals surface area contributed by atoms with Gasteiger partial charge in [0.15, 0.2) is 0 Å². The van der Waals surface area contributed by atoms with Gasteiger partial charge in [-0.3, -0.25) is 4.79 Å². The highest BCUT2D eigenvalue weighted by Crippen LogP contribution is 2.32. The Morgan fingerprint density at radius 3 is 2.77 bits per heavy atom. The molecule has 1 fully saturated rings. The average Bonchev–Trinajstić information content (AvgIpc) is 2.15. The standard InChI is InChI=1S/C10H16INO/c11-7-3-5-8-4-1-2-6-9(8)10(12)13/h3,7-9H,1-2,4-6H2,(H2,12,13)/b7-3-/t8-,9+/m0/s1. The van der Waals surface area contributed by atoms with Crippen molar-refractivity contribution in [1.29, 1.82) is 0 Å². The third-order valence-electron chi connectivity index (χ3n) is 2.80. The quantitative estimate of drug-likeness (QED) is 0.799. The van der Waals surface area contributed by atoms with Crippen molar-refractivity contribution in [2.75, 3.05) is 0 Å². The van der Waals surface area contributed by atoms with Crippen molar-refractivity contribution in [2.24, 2.45) is 17.6 Å². The summed E-state index contributed by atoms with van der Waals surface area (Å²) < 4.78 is 2.02. The molecule has 1 aliphatic rings. The fourth-order valence-corrected chi connectivity index (χ4v) is 2.38. The predicted molar refractivity (Wildman–Crippen MR) is 62.4 cm³/mol. The van der Waals surface area contributed by atoms with Gasteiger partial charge in [-0.15, -0.1) is 0 Å². The number of halogens is 1. The Hall–Kier alpha value is -0.0600. The number of amides is 1. The maximum Gasteiger partial charge on any atom is 0.220 e. The van der Waals surface area contributed by atoms with Crippen molar-refractivity contribution in [2.45, 2.75) is 32.1 Å². The zero-order valence-corrected chi connectivity index (χ0v) is 9.87. The maximum atomic E-state index is 11.1. The van der Waals surface area contributed by atoms with Crippen LogP contribution in [0.15, 0.2) is 10.2 Å². The summed E-state index contributed by atoms with van der Waals surface area (Å²) in [4.78, 5) is 11.1. The van der Waals surface area contributed by atoms with Crippen molar-refractivity contribution in [3.63, 3.8) is 0 Å². The summed E-state index contributed by atoms with van der Waals surface area (Å²) in [5.41, 5.74) is 5.36. The SMILES string of the molecule is NC(=O)[C@@H]1CCCC[C@H]1C/C=C\I. The third-order valence-corrected chi connectivity index (χ3v) is 3.31. The van der Waals surface area contributed by atoms with Gasteiger partial charge in [-0.25, -0.2) is 0 Å². The van der Waals surface area contributed by atoms with E-state index >= 15 is 0 Å². The Labute approximate surface area is 93.1 Å². The van der Waals surface area contributed by atoms with Gasteiger partial charge in [0.05, 0.1) is 0 Å². The fourth-order valence-electron chi connectivity index (χ4n) is 2.09. The second kappa shape index (κ2) is 5.62. The first kappa shape index (κ1) is 11.0. The number of allylic oxidation sites excluding steroid dienone is 1. The van der Waals surface area contributed by atoms with Crippen molar-refractivity contribution >= 4 is 28.5 Å². The van der Waals surface area contributed by atoms with Crippen LogP contribution in [0.25, 0.3) is 0 Å². The van der Waals surface area contributed by atoms with Gasteiger partial charge < -0.3 is 5.73 Å². The van der Waals surface area contributed by atoms with E-state index in [1.807, 2.05) is 4.08 Å². The van der Waals surface area contributed by atoms with Crippen LogP contribution in [-0.4, -0.2) is 5.91 Å². The van der Waals surface area contributed by atoms with Crippen molar-refractivity contribution < 1.29 is 4.79 Å². The minimum absolute atomic E-state index is 0.105. The number of nitrogens with two attached hydrogens (primary N) is 1. The summed E-state index contributed by atoms with van der Waals surface area (Å²) in [5.74, 6) is 0.519. The van der Waals surface area contributed by atoms with Crippen LogP contribution in [0.4, 0.5) is 0 Å². The van der Waals surface area contributed by atoms with Gasteiger partial charge in [-0.05, 0) is 29.3 Å². The molecule has 1 saturated carbocycles. The van der Waals surface area contributed by atoms with Gasteiger partial charge in [0.25, 0.3) is 0 Å². The molecule has 0 heterocycles. The van der Waals surface area contributed by atoms with E-state index in [2.05, 4.69) is 28.7 Å². The first-order valence-electron chi connectivity index (χ1n) is 4.80. The fraction of sp³-hybridized carbons (Fsp3) is 0.700. The summed E-state index contributed by atoms with van der Waals surface area (Å²) in [6, 6.07) is 0. The normalized spacial score (nSPS) is 29.3. The van der Waals surface area contributed by atoms with Crippen LogP contribution in [0.3, 0.4) is 0 Å². The molecule has 0 spiro atoms. The molecule has 1 rings (SSSR count). The lowest BCUT2D eigenvalue weighted by molar-refractivity contribution is -0.124. The van der Waals surface area contributed by atoms with Crippen molar-refractivity contribution in [1.82, 2.24) is 0 Å². The number of hydrogen-bond donors (Lipinski definition) is 1. The molecule has 2 nitrogen and oxygen atoms in total. The lowest BCUT2D eigenvalue weighted by Gasteiger charge is -2.28. The number of carbonyl (C=O) groups is 1. The van der Waals surface area contributed by atoms with Gasteiger partial charge in [0, 0.05) is 5.92 Å². The highest BCUT2D eigenvalue weighted by Gasteiger charge is 2.27. The van der Waals surface area contributed by atoms with Crippen molar-refractivity contribution in [3.8, 4) is 0 Å². The van der Waals surface area contributed by atoms with Crippen LogP contribution < -0.4 is 5.73 Å². The van der Waals surface area contributed by atoms with E-state index in [1.165, 1.54) is 6.42 Å². The monoisotopic (exact) mass is 293 g/mol. The zero-order valence-electron chi connectivity index (χ0n) is 7.71. The Morgan fingerprint density at radius 2 is 2.15 bits per heavy atom. The number of primary amides is 1. The maximum absolute atomic E-state index is 11.1. The molecule has 0 aromatic carbocycles. The molecule has 0 unspecified atom stereocenters. The van der Waals surface area contributed by atoms with Crippen LogP contribution in [0.2, 0.25) is 0 Å². The third kappa shape index (κ3) is 3.29. The van der Waals surface area contributed by atoms with Crippen LogP contribution in [-0.2, 0) is 4.79 Å². The molecule has 1 amide bonds. The molecule has 1 aliphatic carbocycles. The zero-order chi connectivity index (χ0) is 9.68. The van der Waals surface area contributed by atoms with E-state index < -0.39 is 0 Å². The molecular formula is C10H16INO. The molecular weight excluding hydrogens is 277 g/mol. The molecule has 0 bridgehead atoms. The summed E-state index contributed by atoms with van der Waals surface area (Å²) in [5, 5.41) is 0. The molecule has 74 valence electrons. The summed E-state index contributed by atoms with van der Waals surface area (Å²) in [6.45, 7) is 0. The Balaban J connectivity index is 2.51. The molecule has 0 aromatic rings. The van der Waals surface area contributed by atoms with E-state index in [0.29, 0.717) is 5.92 Å². The summed E-state index contributed by atoms with van der Waals surface area (Å²) in [6.07, 6.45) is 7.72. The topological polar surface area (TPSA) is 43.1 Å². The molecule has 2 atom stereocenters. The first-order chi connectivity index (χ1) is 6.25. The van der Waals surface area contributed by atoms with Gasteiger partial charge in [0.2, 0.25) is 5.91 Å². The first-order valence-corrected chi connectivity index (χ1v) is 6.04. The Bertz CT molecular complexity index is 203. The second-order valence-corrected chi connectivity index (χ2v) is 4.37. The van der Waals surface area contributed by atoms with E-state index in [1.54, 1.807) is 0 Å². The highest BCUT2D eigenvalue weighted by molar-refractivity contribution is 14.1. The number of hydrogen-bond acceptors (Lipinski definition) is 1. The highest BCUT2D eigenvalue weighted by atomic mass is 127. The predicted octanol–water partition coefficient (Wildman–Crippen LogP) is 2.62. The van der Waals surface area contributed by atoms with Crippen molar-refractivity contribution in [3.05, 3.63) is 10.2 Å². The molecule has 0 aromatic heterocycles. The average molecular weight is 293 g/mol. The lowest BCUT2D eigenvalue weighted by Crippen LogP contribution is -2.32. The van der Waals surface area contributed by atoms with Crippen LogP contribution in [0.1, 0.15) is 32.1 Å². The smallest absolute Gasteiger partial charge is 0.220 e. The molecule has 3 heteroatoms. The van der Waals surface area contributed by atoms with Crippen LogP contribution in [0, 0.1) is 11.8 Å². The van der Waals surface area contributed by atoms with E-state index in [9.17, 15) is 4.79 Å². The largest absolute Gasteiger partial charge is 0.369 e. The number of rotatable bonds is 3.